The summed E-state index contributed by atoms with van der Waals surface area (Å²) >= 11 is 0. The molecular weight excluding hydrogens is 362 g/mol. The van der Waals surface area contributed by atoms with E-state index in [2.05, 4.69) is 28.4 Å². The van der Waals surface area contributed by atoms with Crippen molar-refractivity contribution in [2.45, 2.75) is 51.5 Å². The minimum Gasteiger partial charge on any atom is -0.375 e. The van der Waals surface area contributed by atoms with Gasteiger partial charge in [0.05, 0.1) is 5.56 Å². The van der Waals surface area contributed by atoms with E-state index in [1.54, 1.807) is 7.11 Å². The van der Waals surface area contributed by atoms with Gasteiger partial charge in [-0.05, 0) is 74.6 Å². The zero-order chi connectivity index (χ0) is 20.6. The van der Waals surface area contributed by atoms with E-state index in [9.17, 15) is 10.1 Å². The van der Waals surface area contributed by atoms with Crippen molar-refractivity contribution in [1.29, 1.82) is 5.26 Å². The molecule has 1 aromatic carbocycles. The van der Waals surface area contributed by atoms with Crippen LogP contribution in [0.4, 0.5) is 0 Å². The van der Waals surface area contributed by atoms with Gasteiger partial charge in [-0.15, -0.1) is 0 Å². The molecule has 1 aliphatic heterocycles. The number of aryl methyl sites for hydroxylation is 1. The largest absolute Gasteiger partial charge is 0.375 e. The minimum absolute atomic E-state index is 0.0000217. The Labute approximate surface area is 174 Å². The highest BCUT2D eigenvalue weighted by Crippen LogP contribution is 2.29. The van der Waals surface area contributed by atoms with Crippen LogP contribution < -0.4 is 5.32 Å². The fourth-order valence-corrected chi connectivity index (χ4v) is 4.60. The van der Waals surface area contributed by atoms with Crippen LogP contribution in [0.25, 0.3) is 5.57 Å². The minimum atomic E-state index is 0.0000217. The monoisotopic (exact) mass is 395 g/mol. The Morgan fingerprint density at radius 3 is 2.76 bits per heavy atom. The molecule has 0 spiro atoms. The lowest BCUT2D eigenvalue weighted by Gasteiger charge is -2.32. The van der Waals surface area contributed by atoms with E-state index in [0.717, 1.165) is 61.5 Å². The normalized spacial score (nSPS) is 22.6. The van der Waals surface area contributed by atoms with E-state index >= 15 is 0 Å². The molecule has 1 aliphatic carbocycles. The molecule has 1 heterocycles. The number of carbonyl (C=O) groups excluding carboxylic acids is 1. The highest BCUT2D eigenvalue weighted by atomic mass is 16.5. The Kier molecular flexibility index (Phi) is 7.85. The first-order chi connectivity index (χ1) is 14.1. The van der Waals surface area contributed by atoms with E-state index in [4.69, 9.17) is 4.74 Å². The standard InChI is InChI=1S/C24H33N3O2/c1-18-4-3-5-22(23(18)16-25)20-11-14-27(15-12-20)13-10-19-6-8-21(9-7-19)26-24(28)17-29-2/h3-5,11,19,21H,6-10,12-15,17H2,1-2H3,(H,26,28)/t19-,21-. The third-order valence-electron chi connectivity index (χ3n) is 6.36. The molecule has 5 nitrogen and oxygen atoms in total. The van der Waals surface area contributed by atoms with Gasteiger partial charge < -0.3 is 10.1 Å². The van der Waals surface area contributed by atoms with Gasteiger partial charge in [0.25, 0.3) is 0 Å². The van der Waals surface area contributed by atoms with Crippen molar-refractivity contribution < 1.29 is 9.53 Å². The van der Waals surface area contributed by atoms with E-state index in [0.29, 0.717) is 6.04 Å². The van der Waals surface area contributed by atoms with Crippen molar-refractivity contribution in [1.82, 2.24) is 10.2 Å². The zero-order valence-corrected chi connectivity index (χ0v) is 17.7. The molecule has 0 unspecified atom stereocenters. The van der Waals surface area contributed by atoms with Gasteiger partial charge >= 0.3 is 0 Å². The average Bonchev–Trinajstić information content (AvgIpc) is 2.73. The first-order valence-corrected chi connectivity index (χ1v) is 10.8. The number of methoxy groups -OCH3 is 1. The SMILES string of the molecule is COCC(=O)N[C@H]1CC[C@H](CCN2CC=C(c3cccc(C)c3C#N)CC2)CC1. The number of hydrogen-bond donors (Lipinski definition) is 1. The molecule has 0 aromatic heterocycles. The summed E-state index contributed by atoms with van der Waals surface area (Å²) in [6.45, 7) is 5.33. The Bertz CT molecular complexity index is 773. The van der Waals surface area contributed by atoms with Crippen LogP contribution in [-0.2, 0) is 9.53 Å². The second-order valence-corrected chi connectivity index (χ2v) is 8.40. The van der Waals surface area contributed by atoms with E-state index < -0.39 is 0 Å². The van der Waals surface area contributed by atoms with Gasteiger partial charge in [-0.1, -0.05) is 24.3 Å². The van der Waals surface area contributed by atoms with Crippen molar-refractivity contribution in [2.24, 2.45) is 5.92 Å². The van der Waals surface area contributed by atoms with Gasteiger partial charge in [0.15, 0.2) is 0 Å². The molecular formula is C24H33N3O2. The number of amides is 1. The third kappa shape index (κ3) is 5.91. The van der Waals surface area contributed by atoms with Crippen molar-refractivity contribution in [3.05, 3.63) is 41.0 Å². The first-order valence-electron chi connectivity index (χ1n) is 10.8. The molecule has 1 aromatic rings. The first kappa shape index (κ1) is 21.5. The number of benzene rings is 1. The topological polar surface area (TPSA) is 65.4 Å². The molecule has 0 atom stereocenters. The highest BCUT2D eigenvalue weighted by molar-refractivity contribution is 5.77. The number of ether oxygens (including phenoxy) is 1. The third-order valence-corrected chi connectivity index (χ3v) is 6.36. The molecule has 1 N–H and O–H groups in total. The van der Waals surface area contributed by atoms with Crippen LogP contribution in [0.1, 0.15) is 55.2 Å². The Balaban J connectivity index is 1.42. The van der Waals surface area contributed by atoms with E-state index in [1.165, 1.54) is 24.8 Å². The number of nitrogens with one attached hydrogen (secondary N) is 1. The van der Waals surface area contributed by atoms with Crippen LogP contribution in [0.5, 0.6) is 0 Å². The van der Waals surface area contributed by atoms with E-state index in [-0.39, 0.29) is 12.5 Å². The summed E-state index contributed by atoms with van der Waals surface area (Å²) in [5, 5.41) is 12.6. The van der Waals surface area contributed by atoms with Crippen molar-refractivity contribution in [3.8, 4) is 6.07 Å². The molecule has 2 aliphatic rings. The second-order valence-electron chi connectivity index (χ2n) is 8.40. The van der Waals surface area contributed by atoms with Crippen LogP contribution in [-0.4, -0.2) is 50.2 Å². The molecule has 29 heavy (non-hydrogen) atoms. The van der Waals surface area contributed by atoms with Crippen LogP contribution in [0.2, 0.25) is 0 Å². The number of hydrogen-bond acceptors (Lipinski definition) is 4. The second kappa shape index (κ2) is 10.6. The van der Waals surface area contributed by atoms with Gasteiger partial charge in [-0.3, -0.25) is 9.69 Å². The summed E-state index contributed by atoms with van der Waals surface area (Å²) in [6.07, 6.45) is 9.10. The smallest absolute Gasteiger partial charge is 0.246 e. The molecule has 3 rings (SSSR count). The zero-order valence-electron chi connectivity index (χ0n) is 17.7. The van der Waals surface area contributed by atoms with Crippen LogP contribution in [0.3, 0.4) is 0 Å². The molecule has 1 amide bonds. The van der Waals surface area contributed by atoms with Crippen LogP contribution in [0, 0.1) is 24.2 Å². The fourth-order valence-electron chi connectivity index (χ4n) is 4.60. The lowest BCUT2D eigenvalue weighted by atomic mass is 9.84. The Morgan fingerprint density at radius 1 is 1.31 bits per heavy atom. The van der Waals surface area contributed by atoms with Gasteiger partial charge in [0.2, 0.25) is 5.91 Å². The summed E-state index contributed by atoms with van der Waals surface area (Å²) in [5.41, 5.74) is 4.30. The van der Waals surface area contributed by atoms with Crippen LogP contribution in [0.15, 0.2) is 24.3 Å². The molecule has 1 fully saturated rings. The van der Waals surface area contributed by atoms with Gasteiger partial charge in [-0.2, -0.15) is 5.26 Å². The van der Waals surface area contributed by atoms with Gasteiger partial charge in [0, 0.05) is 26.2 Å². The Morgan fingerprint density at radius 2 is 2.10 bits per heavy atom. The average molecular weight is 396 g/mol. The summed E-state index contributed by atoms with van der Waals surface area (Å²) in [6, 6.07) is 8.83. The molecule has 0 saturated heterocycles. The molecule has 5 heteroatoms. The molecule has 0 bridgehead atoms. The van der Waals surface area contributed by atoms with Crippen molar-refractivity contribution in [3.63, 3.8) is 0 Å². The maximum atomic E-state index is 11.6. The lowest BCUT2D eigenvalue weighted by molar-refractivity contribution is -0.125. The quantitative estimate of drug-likeness (QED) is 0.765. The predicted molar refractivity (Wildman–Crippen MR) is 115 cm³/mol. The maximum Gasteiger partial charge on any atom is 0.246 e. The summed E-state index contributed by atoms with van der Waals surface area (Å²) < 4.78 is 4.89. The Hall–Kier alpha value is -2.16. The summed E-state index contributed by atoms with van der Waals surface area (Å²) in [4.78, 5) is 14.2. The van der Waals surface area contributed by atoms with Gasteiger partial charge in [0.1, 0.15) is 12.7 Å². The summed E-state index contributed by atoms with van der Waals surface area (Å²) in [5.74, 6) is 0.762. The fraction of sp³-hybridized carbons (Fsp3) is 0.583. The number of nitrogens with zero attached hydrogens (tertiary/aromatic N) is 2. The molecule has 156 valence electrons. The predicted octanol–water partition coefficient (Wildman–Crippen LogP) is 3.67. The lowest BCUT2D eigenvalue weighted by Crippen LogP contribution is -2.39. The molecule has 0 radical (unpaired) electrons. The number of carbonyl (C=O) groups is 1. The number of nitriles is 1. The highest BCUT2D eigenvalue weighted by Gasteiger charge is 2.23. The number of rotatable bonds is 7. The summed E-state index contributed by atoms with van der Waals surface area (Å²) in [7, 11) is 1.55. The van der Waals surface area contributed by atoms with E-state index in [1.807, 2.05) is 19.1 Å². The van der Waals surface area contributed by atoms with Crippen LogP contribution >= 0.6 is 0 Å². The van der Waals surface area contributed by atoms with Crippen molar-refractivity contribution in [2.75, 3.05) is 33.4 Å². The maximum absolute atomic E-state index is 11.6. The van der Waals surface area contributed by atoms with Gasteiger partial charge in [-0.25, -0.2) is 0 Å². The van der Waals surface area contributed by atoms with Crippen molar-refractivity contribution >= 4 is 11.5 Å². The molecule has 1 saturated carbocycles.